The quantitative estimate of drug-likeness (QED) is 0.732. The Balaban J connectivity index is 2.07. The van der Waals surface area contributed by atoms with Crippen molar-refractivity contribution in [2.24, 2.45) is 5.41 Å². The molecule has 2 rings (SSSR count). The summed E-state index contributed by atoms with van der Waals surface area (Å²) < 4.78 is 25.3. The number of amides is 1. The van der Waals surface area contributed by atoms with E-state index >= 15 is 0 Å². The van der Waals surface area contributed by atoms with Gasteiger partial charge in [-0.1, -0.05) is 0 Å². The summed E-state index contributed by atoms with van der Waals surface area (Å²) in [5.41, 5.74) is -0.405. The summed E-state index contributed by atoms with van der Waals surface area (Å²) in [6.07, 6.45) is 0.795. The topological polar surface area (TPSA) is 57.7 Å². The van der Waals surface area contributed by atoms with Gasteiger partial charge in [0.2, 0.25) is 15.9 Å². The van der Waals surface area contributed by atoms with Crippen molar-refractivity contribution >= 4 is 15.9 Å². The molecule has 5 nitrogen and oxygen atoms in total. The molecule has 98 valence electrons. The fraction of sp³-hybridized carbons (Fsp3) is 0.909. The minimum Gasteiger partial charge on any atom is -0.342 e. The molecule has 0 bridgehead atoms. The van der Waals surface area contributed by atoms with Crippen molar-refractivity contribution in [2.45, 2.75) is 32.4 Å². The lowest BCUT2D eigenvalue weighted by molar-refractivity contribution is -0.141. The minimum atomic E-state index is -3.19. The second-order valence-corrected chi connectivity index (χ2v) is 7.77. The van der Waals surface area contributed by atoms with Gasteiger partial charge in [0.15, 0.2) is 0 Å². The van der Waals surface area contributed by atoms with Gasteiger partial charge >= 0.3 is 0 Å². The highest BCUT2D eigenvalue weighted by Crippen LogP contribution is 2.42. The van der Waals surface area contributed by atoms with Gasteiger partial charge in [-0.05, 0) is 27.2 Å². The van der Waals surface area contributed by atoms with Crippen molar-refractivity contribution in [3.05, 3.63) is 0 Å². The summed E-state index contributed by atoms with van der Waals surface area (Å²) in [5.74, 6) is 0.134. The molecule has 6 heteroatoms. The molecule has 1 amide bonds. The third-order valence-electron chi connectivity index (χ3n) is 3.90. The number of carbonyl (C=O) groups is 1. The largest absolute Gasteiger partial charge is 0.342 e. The first-order valence-corrected chi connectivity index (χ1v) is 7.62. The van der Waals surface area contributed by atoms with E-state index in [9.17, 15) is 13.2 Å². The average molecular weight is 260 g/mol. The first kappa shape index (κ1) is 12.8. The predicted molar refractivity (Wildman–Crippen MR) is 64.9 cm³/mol. The zero-order valence-electron chi connectivity index (χ0n) is 10.6. The lowest BCUT2D eigenvalue weighted by Gasteiger charge is -2.45. The molecule has 0 aliphatic carbocycles. The molecule has 2 aliphatic heterocycles. The van der Waals surface area contributed by atoms with Crippen molar-refractivity contribution in [1.82, 2.24) is 9.21 Å². The van der Waals surface area contributed by atoms with Gasteiger partial charge in [-0.15, -0.1) is 0 Å². The maximum Gasteiger partial charge on any atom is 0.231 e. The van der Waals surface area contributed by atoms with E-state index in [0.29, 0.717) is 13.1 Å². The maximum atomic E-state index is 12.1. The van der Waals surface area contributed by atoms with Crippen LogP contribution in [0.3, 0.4) is 0 Å². The molecule has 0 saturated carbocycles. The van der Waals surface area contributed by atoms with Crippen LogP contribution < -0.4 is 0 Å². The van der Waals surface area contributed by atoms with E-state index in [1.54, 1.807) is 13.8 Å². The number of likely N-dealkylation sites (tertiary alicyclic amines) is 1. The van der Waals surface area contributed by atoms with Gasteiger partial charge < -0.3 is 4.90 Å². The van der Waals surface area contributed by atoms with Crippen LogP contribution in [0, 0.1) is 5.41 Å². The molecule has 2 fully saturated rings. The Bertz CT molecular complexity index is 424. The van der Waals surface area contributed by atoms with E-state index < -0.39 is 20.7 Å². The first-order chi connectivity index (χ1) is 7.83. The van der Waals surface area contributed by atoms with Gasteiger partial charge in [-0.25, -0.2) is 8.42 Å². The molecular formula is C11H20N2O3S. The van der Waals surface area contributed by atoms with E-state index in [2.05, 4.69) is 0 Å². The molecule has 0 unspecified atom stereocenters. The van der Waals surface area contributed by atoms with Gasteiger partial charge in [-0.2, -0.15) is 4.31 Å². The molecule has 0 N–H and O–H groups in total. The number of hydrogen-bond donors (Lipinski definition) is 0. The van der Waals surface area contributed by atoms with Gasteiger partial charge in [0, 0.05) is 26.2 Å². The van der Waals surface area contributed by atoms with E-state index in [0.717, 1.165) is 19.5 Å². The Morgan fingerprint density at radius 3 is 2.35 bits per heavy atom. The summed E-state index contributed by atoms with van der Waals surface area (Å²) in [6, 6.07) is 0. The number of rotatable bonds is 3. The van der Waals surface area contributed by atoms with Crippen LogP contribution in [0.4, 0.5) is 0 Å². The summed E-state index contributed by atoms with van der Waals surface area (Å²) in [7, 11) is -3.19. The monoisotopic (exact) mass is 260 g/mol. The number of carbonyl (C=O) groups excluding carboxylic acids is 1. The van der Waals surface area contributed by atoms with Gasteiger partial charge in [0.1, 0.15) is 0 Å². The van der Waals surface area contributed by atoms with Crippen molar-refractivity contribution in [3.8, 4) is 0 Å². The predicted octanol–water partition coefficient (Wildman–Crippen LogP) is 0.279. The summed E-state index contributed by atoms with van der Waals surface area (Å²) in [6.45, 7) is 7.55. The Kier molecular flexibility index (Phi) is 2.98. The average Bonchev–Trinajstić information content (AvgIpc) is 2.52. The smallest absolute Gasteiger partial charge is 0.231 e. The fourth-order valence-corrected chi connectivity index (χ4v) is 4.05. The molecular weight excluding hydrogens is 240 g/mol. The zero-order valence-corrected chi connectivity index (χ0v) is 11.5. The Morgan fingerprint density at radius 2 is 1.94 bits per heavy atom. The third kappa shape index (κ3) is 1.78. The molecule has 0 aromatic heterocycles. The number of sulfonamides is 1. The lowest BCUT2D eigenvalue weighted by Crippen LogP contribution is -2.62. The molecule has 0 aromatic rings. The molecule has 0 atom stereocenters. The highest BCUT2D eigenvalue weighted by molar-refractivity contribution is 7.89. The van der Waals surface area contributed by atoms with Gasteiger partial charge in [0.25, 0.3) is 0 Å². The van der Waals surface area contributed by atoms with Crippen LogP contribution in [-0.4, -0.2) is 55.0 Å². The van der Waals surface area contributed by atoms with Crippen LogP contribution in [0.25, 0.3) is 0 Å². The molecule has 2 aliphatic rings. The van der Waals surface area contributed by atoms with Crippen LogP contribution >= 0.6 is 0 Å². The van der Waals surface area contributed by atoms with Crippen molar-refractivity contribution < 1.29 is 13.2 Å². The van der Waals surface area contributed by atoms with Crippen molar-refractivity contribution in [2.75, 3.05) is 26.2 Å². The first-order valence-electron chi connectivity index (χ1n) is 6.12. The van der Waals surface area contributed by atoms with Gasteiger partial charge in [-0.3, -0.25) is 4.79 Å². The normalized spacial score (nSPS) is 24.7. The van der Waals surface area contributed by atoms with Crippen LogP contribution in [-0.2, 0) is 14.8 Å². The molecule has 0 radical (unpaired) electrons. The SMILES string of the molecule is CCN1CCC2(CN(S(=O)(=O)C(C)C)C2)C1=O. The highest BCUT2D eigenvalue weighted by atomic mass is 32.2. The minimum absolute atomic E-state index is 0.134. The molecule has 1 spiro atoms. The van der Waals surface area contributed by atoms with Crippen LogP contribution in [0.2, 0.25) is 0 Å². The maximum absolute atomic E-state index is 12.1. The highest BCUT2D eigenvalue weighted by Gasteiger charge is 2.57. The van der Waals surface area contributed by atoms with Crippen LogP contribution in [0.5, 0.6) is 0 Å². The van der Waals surface area contributed by atoms with Crippen LogP contribution in [0.1, 0.15) is 27.2 Å². The standard InChI is InChI=1S/C11H20N2O3S/c1-4-12-6-5-11(10(12)14)7-13(8-11)17(15,16)9(2)3/h9H,4-8H2,1-3H3. The van der Waals surface area contributed by atoms with E-state index in [-0.39, 0.29) is 5.91 Å². The number of hydrogen-bond acceptors (Lipinski definition) is 3. The van der Waals surface area contributed by atoms with E-state index in [1.165, 1.54) is 4.31 Å². The molecule has 2 saturated heterocycles. The Morgan fingerprint density at radius 1 is 1.35 bits per heavy atom. The van der Waals surface area contributed by atoms with Gasteiger partial charge in [0.05, 0.1) is 10.7 Å². The molecule has 2 heterocycles. The lowest BCUT2D eigenvalue weighted by atomic mass is 9.80. The van der Waals surface area contributed by atoms with Crippen molar-refractivity contribution in [1.29, 1.82) is 0 Å². The summed E-state index contributed by atoms with van der Waals surface area (Å²) in [5, 5.41) is -0.404. The van der Waals surface area contributed by atoms with E-state index in [1.807, 2.05) is 11.8 Å². The van der Waals surface area contributed by atoms with Crippen LogP contribution in [0.15, 0.2) is 0 Å². The second kappa shape index (κ2) is 3.95. The summed E-state index contributed by atoms with van der Waals surface area (Å²) in [4.78, 5) is 13.9. The van der Waals surface area contributed by atoms with E-state index in [4.69, 9.17) is 0 Å². The number of nitrogens with zero attached hydrogens (tertiary/aromatic N) is 2. The third-order valence-corrected chi connectivity index (χ3v) is 6.07. The second-order valence-electron chi connectivity index (χ2n) is 5.28. The fourth-order valence-electron chi connectivity index (χ4n) is 2.59. The molecule has 17 heavy (non-hydrogen) atoms. The Labute approximate surface area is 103 Å². The zero-order chi connectivity index (χ0) is 12.8. The molecule has 0 aromatic carbocycles. The Hall–Kier alpha value is -0.620. The van der Waals surface area contributed by atoms with Crippen molar-refractivity contribution in [3.63, 3.8) is 0 Å². The summed E-state index contributed by atoms with van der Waals surface area (Å²) >= 11 is 0.